The number of aliphatic hydroxyl groups is 3. The van der Waals surface area contributed by atoms with Crippen molar-refractivity contribution in [2.24, 2.45) is 5.11 Å². The third kappa shape index (κ3) is 3.70. The average molecular weight is 295 g/mol. The van der Waals surface area contributed by atoms with Crippen molar-refractivity contribution >= 4 is 0 Å². The molecular formula is C13H17N3O5. The van der Waals surface area contributed by atoms with Crippen LogP contribution < -0.4 is 0 Å². The normalized spacial score (nSPS) is 32.4. The molecule has 0 radical (unpaired) electrons. The van der Waals surface area contributed by atoms with Crippen molar-refractivity contribution in [2.45, 2.75) is 37.3 Å². The third-order valence-electron chi connectivity index (χ3n) is 3.31. The molecule has 1 fully saturated rings. The van der Waals surface area contributed by atoms with Crippen molar-refractivity contribution in [3.8, 4) is 0 Å². The molecule has 0 unspecified atom stereocenters. The van der Waals surface area contributed by atoms with Crippen molar-refractivity contribution < 1.29 is 24.8 Å². The predicted molar refractivity (Wildman–Crippen MR) is 71.9 cm³/mol. The zero-order chi connectivity index (χ0) is 15.2. The van der Waals surface area contributed by atoms with Crippen LogP contribution in [-0.2, 0) is 16.1 Å². The van der Waals surface area contributed by atoms with E-state index in [9.17, 15) is 10.2 Å². The first-order valence-corrected chi connectivity index (χ1v) is 6.49. The summed E-state index contributed by atoms with van der Waals surface area (Å²) >= 11 is 0. The molecule has 3 N–H and O–H groups in total. The lowest BCUT2D eigenvalue weighted by molar-refractivity contribution is -0.258. The SMILES string of the molecule is [N-]=[N+]=N[C@H]1[C@H](OCc2ccccc2)[C@H](O)[C@H](CO)O[C@H]1O. The Bertz CT molecular complexity index is 494. The summed E-state index contributed by atoms with van der Waals surface area (Å²) in [5.74, 6) is 0. The molecule has 1 aliphatic rings. The Morgan fingerprint density at radius 1 is 1.29 bits per heavy atom. The summed E-state index contributed by atoms with van der Waals surface area (Å²) < 4.78 is 10.6. The number of benzene rings is 1. The van der Waals surface area contributed by atoms with Gasteiger partial charge in [0.05, 0.1) is 19.3 Å². The van der Waals surface area contributed by atoms with E-state index in [1.54, 1.807) is 0 Å². The summed E-state index contributed by atoms with van der Waals surface area (Å²) in [7, 11) is 0. The van der Waals surface area contributed by atoms with Gasteiger partial charge in [0.25, 0.3) is 0 Å². The molecule has 1 saturated heterocycles. The largest absolute Gasteiger partial charge is 0.394 e. The van der Waals surface area contributed by atoms with Gasteiger partial charge in [-0.05, 0) is 11.1 Å². The molecule has 0 bridgehead atoms. The zero-order valence-corrected chi connectivity index (χ0v) is 11.2. The fourth-order valence-corrected chi connectivity index (χ4v) is 2.21. The van der Waals surface area contributed by atoms with E-state index in [2.05, 4.69) is 10.0 Å². The fourth-order valence-electron chi connectivity index (χ4n) is 2.21. The van der Waals surface area contributed by atoms with E-state index in [1.807, 2.05) is 30.3 Å². The van der Waals surface area contributed by atoms with E-state index >= 15 is 0 Å². The lowest BCUT2D eigenvalue weighted by Crippen LogP contribution is -2.58. The maximum absolute atomic E-state index is 10.1. The van der Waals surface area contributed by atoms with Crippen molar-refractivity contribution in [3.63, 3.8) is 0 Å². The number of ether oxygens (including phenoxy) is 2. The summed E-state index contributed by atoms with van der Waals surface area (Å²) in [5.41, 5.74) is 9.42. The van der Waals surface area contributed by atoms with Crippen LogP contribution in [0.4, 0.5) is 0 Å². The van der Waals surface area contributed by atoms with Crippen LogP contribution in [0.3, 0.4) is 0 Å². The van der Waals surface area contributed by atoms with Gasteiger partial charge in [-0.25, -0.2) is 0 Å². The molecule has 2 rings (SSSR count). The lowest BCUT2D eigenvalue weighted by atomic mass is 9.97. The molecule has 114 valence electrons. The molecule has 0 aromatic heterocycles. The van der Waals surface area contributed by atoms with Gasteiger partial charge in [-0.3, -0.25) is 0 Å². The van der Waals surface area contributed by atoms with E-state index in [4.69, 9.17) is 20.1 Å². The third-order valence-corrected chi connectivity index (χ3v) is 3.31. The predicted octanol–water partition coefficient (Wildman–Crippen LogP) is 0.321. The van der Waals surface area contributed by atoms with Gasteiger partial charge in [-0.1, -0.05) is 35.4 Å². The van der Waals surface area contributed by atoms with E-state index in [0.29, 0.717) is 0 Å². The van der Waals surface area contributed by atoms with Gasteiger partial charge < -0.3 is 24.8 Å². The summed E-state index contributed by atoms with van der Waals surface area (Å²) in [6.45, 7) is -0.308. The highest BCUT2D eigenvalue weighted by molar-refractivity contribution is 5.13. The first kappa shape index (κ1) is 15.7. The molecule has 21 heavy (non-hydrogen) atoms. The minimum Gasteiger partial charge on any atom is -0.394 e. The summed E-state index contributed by atoms with van der Waals surface area (Å²) in [6, 6.07) is 8.14. The minimum atomic E-state index is -1.44. The summed E-state index contributed by atoms with van der Waals surface area (Å²) in [5, 5.41) is 32.5. The van der Waals surface area contributed by atoms with Crippen LogP contribution in [0.15, 0.2) is 35.4 Å². The second-order valence-corrected chi connectivity index (χ2v) is 4.69. The quantitative estimate of drug-likeness (QED) is 0.409. The Morgan fingerprint density at radius 3 is 2.62 bits per heavy atom. The Labute approximate surface area is 121 Å². The first-order chi connectivity index (χ1) is 10.2. The Balaban J connectivity index is 2.11. The van der Waals surface area contributed by atoms with Gasteiger partial charge in [0, 0.05) is 4.91 Å². The van der Waals surface area contributed by atoms with Gasteiger partial charge in [0.1, 0.15) is 18.2 Å². The highest BCUT2D eigenvalue weighted by Crippen LogP contribution is 2.25. The van der Waals surface area contributed by atoms with Crippen LogP contribution in [0, 0.1) is 0 Å². The zero-order valence-electron chi connectivity index (χ0n) is 11.2. The molecule has 0 aliphatic carbocycles. The Hall–Kier alpha value is -1.67. The Kier molecular flexibility index (Phi) is 5.51. The van der Waals surface area contributed by atoms with Crippen molar-refractivity contribution in [1.82, 2.24) is 0 Å². The maximum Gasteiger partial charge on any atom is 0.166 e. The maximum atomic E-state index is 10.1. The molecule has 1 aromatic carbocycles. The van der Waals surface area contributed by atoms with Crippen LogP contribution in [0.2, 0.25) is 0 Å². The molecule has 1 aromatic rings. The van der Waals surface area contributed by atoms with Crippen LogP contribution in [0.5, 0.6) is 0 Å². The van der Waals surface area contributed by atoms with Crippen molar-refractivity contribution in [1.29, 1.82) is 0 Å². The van der Waals surface area contributed by atoms with E-state index in [1.165, 1.54) is 0 Å². The highest BCUT2D eigenvalue weighted by atomic mass is 16.6. The average Bonchev–Trinajstić information content (AvgIpc) is 2.51. The monoisotopic (exact) mass is 295 g/mol. The number of rotatable bonds is 5. The van der Waals surface area contributed by atoms with Gasteiger partial charge in [-0.15, -0.1) is 0 Å². The topological polar surface area (TPSA) is 128 Å². The van der Waals surface area contributed by atoms with Gasteiger partial charge >= 0.3 is 0 Å². The lowest BCUT2D eigenvalue weighted by Gasteiger charge is -2.40. The summed E-state index contributed by atoms with van der Waals surface area (Å²) in [4.78, 5) is 2.63. The molecule has 0 saturated carbocycles. The van der Waals surface area contributed by atoms with Crippen molar-refractivity contribution in [2.75, 3.05) is 6.61 Å². The number of hydrogen-bond donors (Lipinski definition) is 3. The molecule has 0 spiro atoms. The van der Waals surface area contributed by atoms with Crippen LogP contribution >= 0.6 is 0 Å². The molecule has 8 nitrogen and oxygen atoms in total. The second-order valence-electron chi connectivity index (χ2n) is 4.69. The number of aliphatic hydroxyl groups excluding tert-OH is 3. The van der Waals surface area contributed by atoms with Gasteiger partial charge in [0.2, 0.25) is 0 Å². The second kappa shape index (κ2) is 7.37. The smallest absolute Gasteiger partial charge is 0.166 e. The van der Waals surface area contributed by atoms with Crippen LogP contribution in [0.1, 0.15) is 5.56 Å². The molecule has 8 heteroatoms. The molecule has 1 aliphatic heterocycles. The number of azide groups is 1. The highest BCUT2D eigenvalue weighted by Gasteiger charge is 2.44. The molecular weight excluding hydrogens is 278 g/mol. The Morgan fingerprint density at radius 2 is 2.00 bits per heavy atom. The van der Waals surface area contributed by atoms with Gasteiger partial charge in [0.15, 0.2) is 6.29 Å². The summed E-state index contributed by atoms with van der Waals surface area (Å²) in [6.07, 6.45) is -4.62. The van der Waals surface area contributed by atoms with Gasteiger partial charge in [-0.2, -0.15) is 0 Å². The van der Waals surface area contributed by atoms with E-state index in [-0.39, 0.29) is 6.61 Å². The minimum absolute atomic E-state index is 0.172. The van der Waals surface area contributed by atoms with Crippen LogP contribution in [-0.4, -0.2) is 52.6 Å². The molecule has 0 amide bonds. The van der Waals surface area contributed by atoms with Crippen LogP contribution in [0.25, 0.3) is 10.4 Å². The fraction of sp³-hybridized carbons (Fsp3) is 0.538. The van der Waals surface area contributed by atoms with E-state index in [0.717, 1.165) is 5.56 Å². The first-order valence-electron chi connectivity index (χ1n) is 6.49. The molecule has 1 heterocycles. The standard InChI is InChI=1S/C13H17N3O5/c14-16-15-10-12(11(18)9(6-17)21-13(10)19)20-7-8-4-2-1-3-5-8/h1-5,9-13,17-19H,6-7H2/t9-,10-,11+,12-,13+/m0/s1. The van der Waals surface area contributed by atoms with E-state index < -0.39 is 37.3 Å². The number of hydrogen-bond acceptors (Lipinski definition) is 6. The number of nitrogens with zero attached hydrogens (tertiary/aromatic N) is 3. The van der Waals surface area contributed by atoms with Crippen molar-refractivity contribution in [3.05, 3.63) is 46.3 Å². The molecule has 5 atom stereocenters.